The monoisotopic (exact) mass is 245 g/mol. The van der Waals surface area contributed by atoms with E-state index in [0.717, 1.165) is 32.6 Å². The van der Waals surface area contributed by atoms with Gasteiger partial charge < -0.3 is 5.11 Å². The van der Waals surface area contributed by atoms with E-state index in [1.807, 2.05) is 48.5 Å². The van der Waals surface area contributed by atoms with Gasteiger partial charge in [0, 0.05) is 16.2 Å². The molecular weight excluding hydrogens is 234 g/mol. The maximum Gasteiger partial charge on any atom is 0.124 e. The minimum atomic E-state index is 0.306. The number of nitrogens with zero attached hydrogens (tertiary/aromatic N) is 1. The Balaban J connectivity index is 2.29. The van der Waals surface area contributed by atoms with Crippen molar-refractivity contribution < 1.29 is 5.11 Å². The molecule has 1 N–H and O–H groups in total. The third-order valence-electron chi connectivity index (χ3n) is 3.52. The van der Waals surface area contributed by atoms with Crippen molar-refractivity contribution in [2.24, 2.45) is 0 Å². The van der Waals surface area contributed by atoms with Gasteiger partial charge in [-0.2, -0.15) is 0 Å². The van der Waals surface area contributed by atoms with Crippen molar-refractivity contribution in [3.63, 3.8) is 0 Å². The first-order valence-corrected chi connectivity index (χ1v) is 6.23. The van der Waals surface area contributed by atoms with Gasteiger partial charge in [-0.3, -0.25) is 0 Å². The SMILES string of the molecule is Oc1cccc2ccc3nc4ccccc4cc3c12. The average molecular weight is 245 g/mol. The van der Waals surface area contributed by atoms with Crippen LogP contribution in [0.5, 0.6) is 5.75 Å². The zero-order chi connectivity index (χ0) is 12.8. The lowest BCUT2D eigenvalue weighted by Gasteiger charge is -2.07. The number of para-hydroxylation sites is 1. The fourth-order valence-corrected chi connectivity index (χ4v) is 2.62. The molecule has 4 rings (SSSR count). The third kappa shape index (κ3) is 1.47. The summed E-state index contributed by atoms with van der Waals surface area (Å²) in [6.45, 7) is 0. The first kappa shape index (κ1) is 10.3. The largest absolute Gasteiger partial charge is 0.507 e. The Morgan fingerprint density at radius 1 is 0.737 bits per heavy atom. The normalized spacial score (nSPS) is 11.4. The molecule has 0 spiro atoms. The number of phenolic OH excluding ortho intramolecular Hbond substituents is 1. The Labute approximate surface area is 109 Å². The number of pyridine rings is 1. The lowest BCUT2D eigenvalue weighted by Crippen LogP contribution is -1.84. The molecule has 1 heterocycles. The van der Waals surface area contributed by atoms with Crippen LogP contribution in [0.1, 0.15) is 0 Å². The maximum atomic E-state index is 10.1. The second-order valence-corrected chi connectivity index (χ2v) is 4.69. The van der Waals surface area contributed by atoms with Crippen LogP contribution in [-0.4, -0.2) is 10.1 Å². The molecule has 0 atom stereocenters. The molecular formula is C17H11NO. The summed E-state index contributed by atoms with van der Waals surface area (Å²) in [4.78, 5) is 4.66. The van der Waals surface area contributed by atoms with Crippen LogP contribution in [0.25, 0.3) is 32.6 Å². The predicted octanol–water partition coefficient (Wildman–Crippen LogP) is 4.25. The molecule has 0 saturated carbocycles. The van der Waals surface area contributed by atoms with Crippen molar-refractivity contribution in [1.82, 2.24) is 4.98 Å². The van der Waals surface area contributed by atoms with E-state index in [2.05, 4.69) is 11.1 Å². The van der Waals surface area contributed by atoms with Crippen LogP contribution in [0.2, 0.25) is 0 Å². The smallest absolute Gasteiger partial charge is 0.124 e. The summed E-state index contributed by atoms with van der Waals surface area (Å²) in [7, 11) is 0. The van der Waals surface area contributed by atoms with Gasteiger partial charge in [0.1, 0.15) is 5.75 Å². The summed E-state index contributed by atoms with van der Waals surface area (Å²) in [5.41, 5.74) is 1.89. The second-order valence-electron chi connectivity index (χ2n) is 4.69. The van der Waals surface area contributed by atoms with Crippen LogP contribution in [-0.2, 0) is 0 Å². The van der Waals surface area contributed by atoms with E-state index in [4.69, 9.17) is 0 Å². The van der Waals surface area contributed by atoms with Gasteiger partial charge in [0.2, 0.25) is 0 Å². The molecule has 0 aliphatic carbocycles. The lowest BCUT2D eigenvalue weighted by atomic mass is 10.0. The van der Waals surface area contributed by atoms with Crippen LogP contribution in [0.3, 0.4) is 0 Å². The Bertz CT molecular complexity index is 928. The molecule has 0 fully saturated rings. The lowest BCUT2D eigenvalue weighted by molar-refractivity contribution is 0.482. The summed E-state index contributed by atoms with van der Waals surface area (Å²) < 4.78 is 0. The van der Waals surface area contributed by atoms with Crippen molar-refractivity contribution in [3.05, 3.63) is 60.7 Å². The van der Waals surface area contributed by atoms with Gasteiger partial charge in [-0.1, -0.05) is 36.4 Å². The van der Waals surface area contributed by atoms with Gasteiger partial charge in [0.15, 0.2) is 0 Å². The molecule has 0 unspecified atom stereocenters. The van der Waals surface area contributed by atoms with E-state index in [1.165, 1.54) is 0 Å². The minimum Gasteiger partial charge on any atom is -0.507 e. The van der Waals surface area contributed by atoms with Crippen molar-refractivity contribution in [2.75, 3.05) is 0 Å². The molecule has 0 saturated heterocycles. The highest BCUT2D eigenvalue weighted by Gasteiger charge is 2.06. The number of rotatable bonds is 0. The van der Waals surface area contributed by atoms with Crippen LogP contribution in [0.15, 0.2) is 60.7 Å². The summed E-state index contributed by atoms with van der Waals surface area (Å²) >= 11 is 0. The number of hydrogen-bond donors (Lipinski definition) is 1. The fourth-order valence-electron chi connectivity index (χ4n) is 2.62. The molecule has 2 nitrogen and oxygen atoms in total. The molecule has 90 valence electrons. The Morgan fingerprint density at radius 3 is 2.53 bits per heavy atom. The Morgan fingerprint density at radius 2 is 1.58 bits per heavy atom. The van der Waals surface area contributed by atoms with Gasteiger partial charge in [-0.05, 0) is 29.7 Å². The molecule has 19 heavy (non-hydrogen) atoms. The summed E-state index contributed by atoms with van der Waals surface area (Å²) in [5.74, 6) is 0.306. The zero-order valence-electron chi connectivity index (χ0n) is 10.2. The molecule has 0 bridgehead atoms. The van der Waals surface area contributed by atoms with E-state index < -0.39 is 0 Å². The second kappa shape index (κ2) is 3.69. The van der Waals surface area contributed by atoms with E-state index in [1.54, 1.807) is 6.07 Å². The van der Waals surface area contributed by atoms with E-state index in [9.17, 15) is 5.11 Å². The predicted molar refractivity (Wildman–Crippen MR) is 78.4 cm³/mol. The van der Waals surface area contributed by atoms with Gasteiger partial charge in [0.25, 0.3) is 0 Å². The first-order chi connectivity index (χ1) is 9.33. The topological polar surface area (TPSA) is 33.1 Å². The molecule has 2 heteroatoms. The first-order valence-electron chi connectivity index (χ1n) is 6.23. The minimum absolute atomic E-state index is 0.306. The van der Waals surface area contributed by atoms with Crippen molar-refractivity contribution >= 4 is 32.6 Å². The highest BCUT2D eigenvalue weighted by atomic mass is 16.3. The standard InChI is InChI=1S/C17H11NO/c19-16-7-3-5-11-8-9-15-13(17(11)16)10-12-4-1-2-6-14(12)18-15/h1-10,19H. The number of fused-ring (bicyclic) bond motifs is 4. The number of aromatic hydroxyl groups is 1. The molecule has 0 amide bonds. The number of hydrogen-bond acceptors (Lipinski definition) is 2. The third-order valence-corrected chi connectivity index (χ3v) is 3.52. The number of phenols is 1. The summed E-state index contributed by atoms with van der Waals surface area (Å²) in [6, 6.07) is 19.7. The number of aromatic nitrogens is 1. The molecule has 0 aliphatic rings. The fraction of sp³-hybridized carbons (Fsp3) is 0. The van der Waals surface area contributed by atoms with Gasteiger partial charge in [-0.25, -0.2) is 4.98 Å². The van der Waals surface area contributed by atoms with E-state index in [-0.39, 0.29) is 0 Å². The zero-order valence-corrected chi connectivity index (χ0v) is 10.2. The highest BCUT2D eigenvalue weighted by molar-refractivity contribution is 6.12. The molecule has 0 aliphatic heterocycles. The maximum absolute atomic E-state index is 10.1. The molecule has 0 radical (unpaired) electrons. The van der Waals surface area contributed by atoms with Crippen molar-refractivity contribution in [3.8, 4) is 5.75 Å². The highest BCUT2D eigenvalue weighted by Crippen LogP contribution is 2.32. The Hall–Kier alpha value is -2.61. The number of benzene rings is 3. The summed E-state index contributed by atoms with van der Waals surface area (Å²) in [5, 5.41) is 14.1. The van der Waals surface area contributed by atoms with Crippen molar-refractivity contribution in [2.45, 2.75) is 0 Å². The van der Waals surface area contributed by atoms with Gasteiger partial charge >= 0.3 is 0 Å². The molecule has 1 aromatic heterocycles. The van der Waals surface area contributed by atoms with Gasteiger partial charge in [0.05, 0.1) is 11.0 Å². The van der Waals surface area contributed by atoms with Gasteiger partial charge in [-0.15, -0.1) is 0 Å². The quantitative estimate of drug-likeness (QED) is 0.371. The summed E-state index contributed by atoms with van der Waals surface area (Å²) in [6.07, 6.45) is 0. The van der Waals surface area contributed by atoms with E-state index >= 15 is 0 Å². The average Bonchev–Trinajstić information content (AvgIpc) is 2.45. The van der Waals surface area contributed by atoms with Crippen molar-refractivity contribution in [1.29, 1.82) is 0 Å². The molecule has 4 aromatic rings. The Kier molecular flexibility index (Phi) is 2.00. The van der Waals surface area contributed by atoms with E-state index in [0.29, 0.717) is 5.75 Å². The molecule has 3 aromatic carbocycles. The van der Waals surface area contributed by atoms with Crippen LogP contribution in [0.4, 0.5) is 0 Å². The van der Waals surface area contributed by atoms with Crippen LogP contribution < -0.4 is 0 Å². The van der Waals surface area contributed by atoms with Crippen LogP contribution in [0, 0.1) is 0 Å². The van der Waals surface area contributed by atoms with Crippen LogP contribution >= 0.6 is 0 Å².